The Kier molecular flexibility index (Phi) is 8.79. The average Bonchev–Trinajstić information content (AvgIpc) is 3.12. The van der Waals surface area contributed by atoms with Crippen molar-refractivity contribution in [2.24, 2.45) is 39.9 Å². The van der Waals surface area contributed by atoms with Crippen LogP contribution in [-0.2, 0) is 9.53 Å². The SMILES string of the molecule is CC(C)=C(Br)CC/C(C(=O)O)=C1/[C@@H](OCC(F)(F)F)C[C@@]2(C)[C@H]1C[C@@H](O)C1[C@]2(C)CC[C@H]2[C@H](C)[C@H](O)CC[C@]12C. The molecule has 4 aliphatic rings. The van der Waals surface area contributed by atoms with Crippen molar-refractivity contribution >= 4 is 21.9 Å². The number of hydrogen-bond donors (Lipinski definition) is 3. The normalized spacial score (nSPS) is 44.4. The summed E-state index contributed by atoms with van der Waals surface area (Å²) in [5.74, 6) is -1.29. The van der Waals surface area contributed by atoms with Gasteiger partial charge < -0.3 is 20.1 Å². The molecule has 0 spiro atoms. The molecule has 5 nitrogen and oxygen atoms in total. The van der Waals surface area contributed by atoms with Crippen LogP contribution in [0.4, 0.5) is 13.2 Å². The van der Waals surface area contributed by atoms with Gasteiger partial charge in [0.05, 0.1) is 18.3 Å². The molecule has 0 radical (unpaired) electrons. The Balaban J connectivity index is 1.82. The predicted octanol–water partition coefficient (Wildman–Crippen LogP) is 7.40. The number of fused-ring (bicyclic) bond motifs is 5. The average molecular weight is 636 g/mol. The summed E-state index contributed by atoms with van der Waals surface area (Å²) in [5, 5.41) is 32.9. The third-order valence-corrected chi connectivity index (χ3v) is 13.1. The number of aliphatic hydroxyl groups excluding tert-OH is 2. The molecule has 10 atom stereocenters. The van der Waals surface area contributed by atoms with Crippen molar-refractivity contribution in [2.45, 2.75) is 117 Å². The first-order valence-corrected chi connectivity index (χ1v) is 15.5. The zero-order valence-corrected chi connectivity index (χ0v) is 26.2. The van der Waals surface area contributed by atoms with E-state index in [-0.39, 0.29) is 41.3 Å². The molecule has 4 fully saturated rings. The van der Waals surface area contributed by atoms with Crippen LogP contribution in [0.3, 0.4) is 0 Å². The van der Waals surface area contributed by atoms with Gasteiger partial charge in [0, 0.05) is 5.57 Å². The quantitative estimate of drug-likeness (QED) is 0.265. The van der Waals surface area contributed by atoms with Crippen LogP contribution in [0.25, 0.3) is 0 Å². The van der Waals surface area contributed by atoms with Gasteiger partial charge in [-0.1, -0.05) is 49.2 Å². The minimum atomic E-state index is -4.54. The van der Waals surface area contributed by atoms with Crippen LogP contribution >= 0.6 is 15.9 Å². The lowest BCUT2D eigenvalue weighted by molar-refractivity contribution is -0.235. The van der Waals surface area contributed by atoms with Crippen LogP contribution < -0.4 is 0 Å². The van der Waals surface area contributed by atoms with Crippen molar-refractivity contribution in [3.63, 3.8) is 0 Å². The Morgan fingerprint density at radius 1 is 1.05 bits per heavy atom. The van der Waals surface area contributed by atoms with E-state index in [0.717, 1.165) is 29.3 Å². The maximum Gasteiger partial charge on any atom is 0.411 e. The first-order chi connectivity index (χ1) is 18.4. The smallest absolute Gasteiger partial charge is 0.411 e. The van der Waals surface area contributed by atoms with Gasteiger partial charge in [0.25, 0.3) is 0 Å². The lowest BCUT2D eigenvalue weighted by atomic mass is 9.36. The zero-order chi connectivity index (χ0) is 30.0. The maximum absolute atomic E-state index is 13.4. The number of aliphatic carboxylic acids is 1. The fourth-order valence-electron chi connectivity index (χ4n) is 9.81. The molecule has 0 heterocycles. The molecular weight excluding hydrogens is 589 g/mol. The topological polar surface area (TPSA) is 87.0 Å². The van der Waals surface area contributed by atoms with Crippen LogP contribution in [0.1, 0.15) is 92.9 Å². The fraction of sp³-hybridized carbons (Fsp3) is 0.839. The van der Waals surface area contributed by atoms with Gasteiger partial charge >= 0.3 is 12.1 Å². The van der Waals surface area contributed by atoms with Crippen molar-refractivity contribution in [3.8, 4) is 0 Å². The van der Waals surface area contributed by atoms with Gasteiger partial charge in [0.1, 0.15) is 6.61 Å². The zero-order valence-electron chi connectivity index (χ0n) is 24.6. The Morgan fingerprint density at radius 2 is 1.70 bits per heavy atom. The number of hydrogen-bond acceptors (Lipinski definition) is 4. The molecule has 0 aliphatic heterocycles. The van der Waals surface area contributed by atoms with E-state index in [1.54, 1.807) is 0 Å². The second kappa shape index (κ2) is 11.0. The largest absolute Gasteiger partial charge is 0.478 e. The number of carbonyl (C=O) groups is 1. The highest BCUT2D eigenvalue weighted by Crippen LogP contribution is 2.74. The highest BCUT2D eigenvalue weighted by Gasteiger charge is 2.70. The molecule has 4 aliphatic carbocycles. The fourth-order valence-corrected chi connectivity index (χ4v) is 10.0. The van der Waals surface area contributed by atoms with Gasteiger partial charge in [0.15, 0.2) is 0 Å². The summed E-state index contributed by atoms with van der Waals surface area (Å²) in [7, 11) is 0. The van der Waals surface area contributed by atoms with Gasteiger partial charge in [-0.05, 0) is 115 Å². The number of rotatable bonds is 6. The monoisotopic (exact) mass is 634 g/mol. The minimum absolute atomic E-state index is 0.106. The second-order valence-electron chi connectivity index (χ2n) is 14.0. The van der Waals surface area contributed by atoms with E-state index >= 15 is 0 Å². The molecule has 1 unspecified atom stereocenters. The van der Waals surface area contributed by atoms with Crippen LogP contribution in [0.15, 0.2) is 21.2 Å². The van der Waals surface area contributed by atoms with E-state index in [9.17, 15) is 33.3 Å². The molecule has 40 heavy (non-hydrogen) atoms. The van der Waals surface area contributed by atoms with Crippen molar-refractivity contribution in [2.75, 3.05) is 6.61 Å². The van der Waals surface area contributed by atoms with Crippen LogP contribution in [0.5, 0.6) is 0 Å². The van der Waals surface area contributed by atoms with Crippen molar-refractivity contribution in [1.29, 1.82) is 0 Å². The van der Waals surface area contributed by atoms with Crippen molar-refractivity contribution < 1.29 is 38.0 Å². The lowest BCUT2D eigenvalue weighted by Crippen LogP contribution is -2.65. The first-order valence-electron chi connectivity index (χ1n) is 14.7. The van der Waals surface area contributed by atoms with E-state index in [1.165, 1.54) is 0 Å². The van der Waals surface area contributed by atoms with E-state index in [2.05, 4.69) is 43.6 Å². The number of carboxylic acids is 1. The van der Waals surface area contributed by atoms with E-state index in [4.69, 9.17) is 4.74 Å². The summed E-state index contributed by atoms with van der Waals surface area (Å²) >= 11 is 3.52. The highest BCUT2D eigenvalue weighted by molar-refractivity contribution is 9.11. The number of ether oxygens (including phenoxy) is 1. The Morgan fingerprint density at radius 3 is 2.27 bits per heavy atom. The Bertz CT molecular complexity index is 1070. The summed E-state index contributed by atoms with van der Waals surface area (Å²) in [6, 6.07) is 0. The molecule has 0 bridgehead atoms. The minimum Gasteiger partial charge on any atom is -0.478 e. The van der Waals surface area contributed by atoms with Crippen molar-refractivity contribution in [1.82, 2.24) is 0 Å². The lowest BCUT2D eigenvalue weighted by Gasteiger charge is -2.69. The van der Waals surface area contributed by atoms with Crippen LogP contribution in [0, 0.1) is 39.9 Å². The van der Waals surface area contributed by atoms with Crippen LogP contribution in [0.2, 0.25) is 0 Å². The molecule has 0 aromatic carbocycles. The summed E-state index contributed by atoms with van der Waals surface area (Å²) in [4.78, 5) is 12.7. The van der Waals surface area contributed by atoms with Gasteiger partial charge in [-0.3, -0.25) is 0 Å². The predicted molar refractivity (Wildman–Crippen MR) is 151 cm³/mol. The maximum atomic E-state index is 13.4. The molecule has 4 rings (SSSR count). The van der Waals surface area contributed by atoms with Gasteiger partial charge in [-0.25, -0.2) is 4.79 Å². The Labute approximate surface area is 244 Å². The molecular formula is C31H46BrF3O5. The molecule has 228 valence electrons. The molecule has 4 saturated carbocycles. The number of allylic oxidation sites excluding steroid dienone is 2. The van der Waals surface area contributed by atoms with Gasteiger partial charge in [-0.2, -0.15) is 13.2 Å². The first kappa shape index (κ1) is 32.0. The Hall–Kier alpha value is -0.900. The molecule has 9 heteroatoms. The summed E-state index contributed by atoms with van der Waals surface area (Å²) in [6.07, 6.45) is -2.34. The molecule has 0 aromatic rings. The third-order valence-electron chi connectivity index (χ3n) is 11.9. The number of halogens is 4. The van der Waals surface area contributed by atoms with Crippen LogP contribution in [-0.4, -0.2) is 52.4 Å². The summed E-state index contributed by atoms with van der Waals surface area (Å²) < 4.78 is 46.6. The number of carboxylic acid groups (broad SMARTS) is 1. The van der Waals surface area contributed by atoms with E-state index in [0.29, 0.717) is 31.3 Å². The molecule has 3 N–H and O–H groups in total. The standard InChI is InChI=1S/C31H46BrF3O5/c1-16(2)21(32)8-7-18(27(38)39)25-20-13-23(37)26-28(4)11-10-22(36)17(3)19(28)9-12-29(26,5)30(20,6)14-24(25)40-15-31(33,34)35/h17,19-20,22-24,26,36-37H,7-15H2,1-6H3,(H,38,39)/b25-18-/t17-,19-,20-,22+,23+,24-,26?,28-,29-,30-/m0/s1. The van der Waals surface area contributed by atoms with Crippen molar-refractivity contribution in [3.05, 3.63) is 21.2 Å². The van der Waals surface area contributed by atoms with Gasteiger partial charge in [-0.15, -0.1) is 0 Å². The number of alkyl halides is 3. The molecule has 0 amide bonds. The van der Waals surface area contributed by atoms with Gasteiger partial charge in [0.2, 0.25) is 0 Å². The summed E-state index contributed by atoms with van der Waals surface area (Å²) in [6.45, 7) is 11.0. The highest BCUT2D eigenvalue weighted by atomic mass is 79.9. The molecule has 0 saturated heterocycles. The van der Waals surface area contributed by atoms with E-state index < -0.39 is 47.7 Å². The number of aliphatic hydroxyl groups is 2. The molecule has 0 aromatic heterocycles. The third kappa shape index (κ3) is 5.24. The summed E-state index contributed by atoms with van der Waals surface area (Å²) in [5.41, 5.74) is 0.349. The second-order valence-corrected chi connectivity index (χ2v) is 15.0. The van der Waals surface area contributed by atoms with E-state index in [1.807, 2.05) is 13.8 Å².